The van der Waals surface area contributed by atoms with Gasteiger partial charge in [0.1, 0.15) is 5.78 Å². The first kappa shape index (κ1) is 15.6. The van der Waals surface area contributed by atoms with Gasteiger partial charge in [-0.3, -0.25) is 4.79 Å². The average Bonchev–Trinajstić information content (AvgIpc) is 2.39. The number of carbonyl (C=O) groups is 1. The number of rotatable bonds is 6. The van der Waals surface area contributed by atoms with Gasteiger partial charge in [0.2, 0.25) is 0 Å². The minimum atomic E-state index is -0.649. The zero-order valence-electron chi connectivity index (χ0n) is 12.4. The van der Waals surface area contributed by atoms with Crippen molar-refractivity contribution in [3.8, 4) is 0 Å². The zero-order chi connectivity index (χ0) is 14.5. The fraction of sp³-hybridized carbons (Fsp3) is 0.471. The van der Waals surface area contributed by atoms with E-state index in [0.29, 0.717) is 12.8 Å². The van der Waals surface area contributed by atoms with Crippen LogP contribution in [0.25, 0.3) is 6.08 Å². The Morgan fingerprint density at radius 2 is 2.11 bits per heavy atom. The number of aryl methyl sites for hydroxylation is 1. The number of aliphatic hydroxyl groups is 1. The Bertz CT molecular complexity index is 468. The van der Waals surface area contributed by atoms with E-state index < -0.39 is 5.41 Å². The number of carbonyl (C=O) groups excluding carboxylic acids is 1. The predicted octanol–water partition coefficient (Wildman–Crippen LogP) is 3.55. The first-order valence-electron chi connectivity index (χ1n) is 6.83. The van der Waals surface area contributed by atoms with E-state index in [9.17, 15) is 9.90 Å². The molecule has 0 amide bonds. The maximum Gasteiger partial charge on any atom is 0.138 e. The average molecular weight is 260 g/mol. The summed E-state index contributed by atoms with van der Waals surface area (Å²) >= 11 is 0. The summed E-state index contributed by atoms with van der Waals surface area (Å²) < 4.78 is 0. The third-order valence-electron chi connectivity index (χ3n) is 3.90. The number of Topliss-reactive ketones (excluding diaryl/α,β-unsaturated/α-hetero) is 1. The summed E-state index contributed by atoms with van der Waals surface area (Å²) in [5, 5.41) is 9.66. The molecule has 0 radical (unpaired) electrons. The molecule has 1 N–H and O–H groups in total. The molecule has 2 heteroatoms. The van der Waals surface area contributed by atoms with Crippen molar-refractivity contribution >= 4 is 11.9 Å². The molecule has 104 valence electrons. The zero-order valence-corrected chi connectivity index (χ0v) is 12.4. The highest BCUT2D eigenvalue weighted by Crippen LogP contribution is 2.30. The van der Waals surface area contributed by atoms with Gasteiger partial charge in [0.25, 0.3) is 0 Å². The van der Waals surface area contributed by atoms with Crippen LogP contribution in [0.3, 0.4) is 0 Å². The molecule has 1 unspecified atom stereocenters. The lowest BCUT2D eigenvalue weighted by atomic mass is 9.75. The number of hydrogen-bond acceptors (Lipinski definition) is 2. The lowest BCUT2D eigenvalue weighted by Gasteiger charge is -2.28. The van der Waals surface area contributed by atoms with E-state index in [1.54, 1.807) is 6.92 Å². The molecule has 0 fully saturated rings. The Balaban J connectivity index is 3.22. The molecule has 19 heavy (non-hydrogen) atoms. The topological polar surface area (TPSA) is 37.3 Å². The summed E-state index contributed by atoms with van der Waals surface area (Å²) in [7, 11) is 0. The second kappa shape index (κ2) is 6.67. The van der Waals surface area contributed by atoms with E-state index in [-0.39, 0.29) is 12.4 Å². The first-order chi connectivity index (χ1) is 8.99. The second-order valence-corrected chi connectivity index (χ2v) is 5.23. The lowest BCUT2D eigenvalue weighted by molar-refractivity contribution is -0.129. The van der Waals surface area contributed by atoms with E-state index >= 15 is 0 Å². The van der Waals surface area contributed by atoms with Crippen molar-refractivity contribution in [1.29, 1.82) is 0 Å². The second-order valence-electron chi connectivity index (χ2n) is 5.23. The van der Waals surface area contributed by atoms with Crippen LogP contribution in [0.4, 0.5) is 0 Å². The van der Waals surface area contributed by atoms with Crippen molar-refractivity contribution < 1.29 is 9.90 Å². The largest absolute Gasteiger partial charge is 0.395 e. The monoisotopic (exact) mass is 260 g/mol. The van der Waals surface area contributed by atoms with Crippen LogP contribution in [-0.2, 0) is 11.2 Å². The Morgan fingerprint density at radius 1 is 1.42 bits per heavy atom. The summed E-state index contributed by atoms with van der Waals surface area (Å²) in [6.45, 7) is 7.46. The number of allylic oxidation sites excluding steroid dienone is 1. The molecule has 0 aromatic heterocycles. The van der Waals surface area contributed by atoms with Crippen molar-refractivity contribution in [2.24, 2.45) is 5.41 Å². The van der Waals surface area contributed by atoms with Crippen molar-refractivity contribution in [3.63, 3.8) is 0 Å². The Kier molecular flexibility index (Phi) is 5.49. The predicted molar refractivity (Wildman–Crippen MR) is 80.1 cm³/mol. The Hall–Kier alpha value is -1.41. The standard InChI is InChI=1S/C17H24O2/c1-5-7-15-9-8-13(3)10-16(15)11-17(6-2,12-18)14(4)19/h5,7-10,18H,6,11-12H2,1-4H3. The van der Waals surface area contributed by atoms with Crippen LogP contribution in [0, 0.1) is 12.3 Å². The van der Waals surface area contributed by atoms with Crippen molar-refractivity contribution in [1.82, 2.24) is 0 Å². The molecule has 0 spiro atoms. The molecular weight excluding hydrogens is 236 g/mol. The molecule has 0 bridgehead atoms. The molecule has 0 aliphatic carbocycles. The van der Waals surface area contributed by atoms with Crippen molar-refractivity contribution in [3.05, 3.63) is 41.0 Å². The summed E-state index contributed by atoms with van der Waals surface area (Å²) in [5.41, 5.74) is 2.78. The highest BCUT2D eigenvalue weighted by molar-refractivity contribution is 5.83. The van der Waals surface area contributed by atoms with Crippen LogP contribution in [0.1, 0.15) is 43.9 Å². The van der Waals surface area contributed by atoms with Gasteiger partial charge in [-0.1, -0.05) is 42.8 Å². The SMILES string of the molecule is CC=Cc1ccc(C)cc1CC(CC)(CO)C(C)=O. The molecule has 2 nitrogen and oxygen atoms in total. The maximum atomic E-state index is 11.9. The number of hydrogen-bond donors (Lipinski definition) is 1. The molecule has 0 saturated heterocycles. The van der Waals surface area contributed by atoms with Crippen molar-refractivity contribution in [2.75, 3.05) is 6.61 Å². The van der Waals surface area contributed by atoms with Gasteiger partial charge in [0.15, 0.2) is 0 Å². The van der Waals surface area contributed by atoms with Gasteiger partial charge in [-0.25, -0.2) is 0 Å². The van der Waals surface area contributed by atoms with E-state index in [1.807, 2.05) is 32.9 Å². The molecule has 1 atom stereocenters. The van der Waals surface area contributed by atoms with Gasteiger partial charge in [-0.2, -0.15) is 0 Å². The first-order valence-corrected chi connectivity index (χ1v) is 6.83. The molecule has 0 saturated carbocycles. The Labute approximate surface area is 116 Å². The van der Waals surface area contributed by atoms with Gasteiger partial charge >= 0.3 is 0 Å². The quantitative estimate of drug-likeness (QED) is 0.849. The fourth-order valence-electron chi connectivity index (χ4n) is 2.37. The van der Waals surface area contributed by atoms with Crippen LogP contribution >= 0.6 is 0 Å². The van der Waals surface area contributed by atoms with Gasteiger partial charge in [0, 0.05) is 0 Å². The highest BCUT2D eigenvalue weighted by atomic mass is 16.3. The molecule has 1 aromatic rings. The van der Waals surface area contributed by atoms with Crippen LogP contribution < -0.4 is 0 Å². The minimum Gasteiger partial charge on any atom is -0.395 e. The van der Waals surface area contributed by atoms with Crippen LogP contribution in [0.2, 0.25) is 0 Å². The van der Waals surface area contributed by atoms with E-state index in [4.69, 9.17) is 0 Å². The Morgan fingerprint density at radius 3 is 2.58 bits per heavy atom. The fourth-order valence-corrected chi connectivity index (χ4v) is 2.37. The van der Waals surface area contributed by atoms with Crippen LogP contribution in [0.15, 0.2) is 24.3 Å². The third-order valence-corrected chi connectivity index (χ3v) is 3.90. The maximum absolute atomic E-state index is 11.9. The smallest absolute Gasteiger partial charge is 0.138 e. The van der Waals surface area contributed by atoms with Gasteiger partial charge < -0.3 is 5.11 Å². The van der Waals surface area contributed by atoms with Crippen LogP contribution in [-0.4, -0.2) is 17.5 Å². The molecular formula is C17H24O2. The molecule has 1 aromatic carbocycles. The summed E-state index contributed by atoms with van der Waals surface area (Å²) in [5.74, 6) is 0.0606. The van der Waals surface area contributed by atoms with Crippen LogP contribution in [0.5, 0.6) is 0 Å². The molecule has 0 aliphatic heterocycles. The van der Waals surface area contributed by atoms with E-state index in [2.05, 4.69) is 18.2 Å². The third kappa shape index (κ3) is 3.54. The number of ketones is 1. The summed E-state index contributed by atoms with van der Waals surface area (Å²) in [6, 6.07) is 6.25. The number of benzene rings is 1. The van der Waals surface area contributed by atoms with E-state index in [1.165, 1.54) is 5.56 Å². The number of aliphatic hydroxyl groups excluding tert-OH is 1. The molecule has 0 heterocycles. The summed E-state index contributed by atoms with van der Waals surface area (Å²) in [6.07, 6.45) is 5.29. The minimum absolute atomic E-state index is 0.0606. The van der Waals surface area contributed by atoms with Gasteiger partial charge in [0.05, 0.1) is 12.0 Å². The molecule has 1 rings (SSSR count). The summed E-state index contributed by atoms with van der Waals surface area (Å²) in [4.78, 5) is 11.9. The van der Waals surface area contributed by atoms with Crippen molar-refractivity contribution in [2.45, 2.75) is 40.5 Å². The van der Waals surface area contributed by atoms with E-state index in [0.717, 1.165) is 11.1 Å². The van der Waals surface area contributed by atoms with Gasteiger partial charge in [-0.05, 0) is 44.7 Å². The normalized spacial score (nSPS) is 14.6. The van der Waals surface area contributed by atoms with Gasteiger partial charge in [-0.15, -0.1) is 0 Å². The molecule has 0 aliphatic rings. The highest BCUT2D eigenvalue weighted by Gasteiger charge is 2.33. The lowest BCUT2D eigenvalue weighted by Crippen LogP contribution is -2.35.